The molecule has 1 amide bonds. The highest BCUT2D eigenvalue weighted by Crippen LogP contribution is 2.26. The van der Waals surface area contributed by atoms with Crippen LogP contribution in [0.2, 0.25) is 0 Å². The maximum Gasteiger partial charge on any atom is 0.277 e. The van der Waals surface area contributed by atoms with Crippen LogP contribution in [-0.2, 0) is 15.7 Å². The molecule has 1 aromatic carbocycles. The molecule has 2 rings (SSSR count). The van der Waals surface area contributed by atoms with Crippen molar-refractivity contribution in [2.24, 2.45) is 0 Å². The topological polar surface area (TPSA) is 101 Å². The van der Waals surface area contributed by atoms with Gasteiger partial charge in [0.2, 0.25) is 10.0 Å². The molecule has 0 spiro atoms. The van der Waals surface area contributed by atoms with Crippen molar-refractivity contribution in [3.63, 3.8) is 0 Å². The zero-order chi connectivity index (χ0) is 18.7. The van der Waals surface area contributed by atoms with E-state index >= 15 is 0 Å². The minimum atomic E-state index is -3.55. The number of alkyl halides is 1. The summed E-state index contributed by atoms with van der Waals surface area (Å²) in [6.45, 7) is 3.95. The third-order valence-corrected chi connectivity index (χ3v) is 5.43. The Morgan fingerprint density at radius 2 is 1.92 bits per heavy atom. The summed E-state index contributed by atoms with van der Waals surface area (Å²) in [6.07, 6.45) is 1.28. The van der Waals surface area contributed by atoms with Crippen LogP contribution in [0, 0.1) is 0 Å². The number of amides is 1. The first-order valence-electron chi connectivity index (χ1n) is 7.61. The first-order valence-corrected chi connectivity index (χ1v) is 9.16. The number of hydrogen-bond acceptors (Lipinski definition) is 5. The molecule has 0 aliphatic rings. The summed E-state index contributed by atoms with van der Waals surface area (Å²) >= 11 is 0. The Labute approximate surface area is 145 Å². The van der Waals surface area contributed by atoms with Crippen LogP contribution in [0.25, 0.3) is 0 Å². The second-order valence-corrected chi connectivity index (χ2v) is 8.35. The van der Waals surface area contributed by atoms with Crippen LogP contribution in [0.1, 0.15) is 36.8 Å². The Kier molecular flexibility index (Phi) is 5.58. The quantitative estimate of drug-likeness (QED) is 0.781. The van der Waals surface area contributed by atoms with Crippen molar-refractivity contribution in [3.8, 4) is 0 Å². The van der Waals surface area contributed by atoms with Crippen molar-refractivity contribution in [2.75, 3.05) is 11.9 Å². The fourth-order valence-corrected chi connectivity index (χ4v) is 2.74. The Morgan fingerprint density at radius 3 is 2.44 bits per heavy atom. The third-order valence-electron chi connectivity index (χ3n) is 3.64. The van der Waals surface area contributed by atoms with Crippen molar-refractivity contribution in [3.05, 3.63) is 47.9 Å². The Morgan fingerprint density at radius 1 is 1.28 bits per heavy atom. The Balaban J connectivity index is 2.04. The lowest BCUT2D eigenvalue weighted by molar-refractivity contribution is 0.101. The first-order chi connectivity index (χ1) is 11.6. The summed E-state index contributed by atoms with van der Waals surface area (Å²) in [5.74, 6) is -0.450. The predicted molar refractivity (Wildman–Crippen MR) is 91.4 cm³/mol. The van der Waals surface area contributed by atoms with Crippen molar-refractivity contribution >= 4 is 21.6 Å². The molecule has 0 radical (unpaired) electrons. The third kappa shape index (κ3) is 4.86. The molecule has 0 bridgehead atoms. The van der Waals surface area contributed by atoms with Gasteiger partial charge in [-0.3, -0.25) is 4.79 Å². The highest BCUT2D eigenvalue weighted by atomic mass is 32.2. The van der Waals surface area contributed by atoms with E-state index in [4.69, 9.17) is 0 Å². The van der Waals surface area contributed by atoms with Gasteiger partial charge in [-0.15, -0.1) is 0 Å². The molecule has 0 fully saturated rings. The van der Waals surface area contributed by atoms with Gasteiger partial charge < -0.3 is 9.84 Å². The van der Waals surface area contributed by atoms with Gasteiger partial charge in [-0.2, -0.15) is 0 Å². The highest BCUT2D eigenvalue weighted by Gasteiger charge is 2.29. The van der Waals surface area contributed by atoms with Crippen LogP contribution in [0.15, 0.2) is 41.1 Å². The minimum absolute atomic E-state index is 0.127. The summed E-state index contributed by atoms with van der Waals surface area (Å²) in [5.41, 5.74) is -1.02. The molecular weight excluding hydrogens is 349 g/mol. The summed E-state index contributed by atoms with van der Waals surface area (Å²) in [6, 6.07) is 7.46. The number of anilines is 1. The zero-order valence-corrected chi connectivity index (χ0v) is 14.9. The maximum atomic E-state index is 14.8. The smallest absolute Gasteiger partial charge is 0.277 e. The first kappa shape index (κ1) is 19.1. The van der Waals surface area contributed by atoms with Crippen molar-refractivity contribution in [2.45, 2.75) is 31.7 Å². The van der Waals surface area contributed by atoms with E-state index in [2.05, 4.69) is 19.7 Å². The summed E-state index contributed by atoms with van der Waals surface area (Å²) in [4.78, 5) is 11.8. The van der Waals surface area contributed by atoms with Crippen LogP contribution in [0.5, 0.6) is 0 Å². The number of hydrogen-bond donors (Lipinski definition) is 2. The second kappa shape index (κ2) is 7.32. The van der Waals surface area contributed by atoms with Gasteiger partial charge in [0.25, 0.3) is 5.91 Å². The van der Waals surface area contributed by atoms with Crippen LogP contribution < -0.4 is 10.0 Å². The fraction of sp³-hybridized carbons (Fsp3) is 0.375. The molecule has 0 aliphatic carbocycles. The molecule has 25 heavy (non-hydrogen) atoms. The van der Waals surface area contributed by atoms with Crippen molar-refractivity contribution < 1.29 is 22.1 Å². The highest BCUT2D eigenvalue weighted by molar-refractivity contribution is 7.90. The van der Waals surface area contributed by atoms with Gasteiger partial charge >= 0.3 is 0 Å². The number of carbonyl (C=O) groups is 1. The largest absolute Gasteiger partial charge is 0.364 e. The van der Waals surface area contributed by atoms with E-state index in [0.29, 0.717) is 11.3 Å². The lowest BCUT2D eigenvalue weighted by Gasteiger charge is -2.22. The zero-order valence-electron chi connectivity index (χ0n) is 14.1. The van der Waals surface area contributed by atoms with Gasteiger partial charge in [-0.25, -0.2) is 17.5 Å². The molecular formula is C16H20FN3O4S. The molecule has 1 heterocycles. The normalized spacial score (nSPS) is 14.3. The molecule has 2 aromatic rings. The number of sulfonamides is 1. The van der Waals surface area contributed by atoms with Gasteiger partial charge in [0.1, 0.15) is 11.9 Å². The van der Waals surface area contributed by atoms with E-state index in [1.54, 1.807) is 0 Å². The van der Waals surface area contributed by atoms with E-state index in [1.807, 2.05) is 0 Å². The van der Waals surface area contributed by atoms with Gasteiger partial charge in [0.05, 0.1) is 5.25 Å². The number of nitrogens with zero attached hydrogens (tertiary/aromatic N) is 1. The van der Waals surface area contributed by atoms with Gasteiger partial charge in [0.15, 0.2) is 5.69 Å². The predicted octanol–water partition coefficient (Wildman–Crippen LogP) is 2.44. The van der Waals surface area contributed by atoms with Crippen molar-refractivity contribution in [1.29, 1.82) is 0 Å². The number of benzene rings is 1. The van der Waals surface area contributed by atoms with E-state index in [9.17, 15) is 17.6 Å². The second-order valence-electron chi connectivity index (χ2n) is 6.03. The maximum absolute atomic E-state index is 14.8. The number of carbonyl (C=O) groups excluding carboxylic acids is 1. The average Bonchev–Trinajstić information content (AvgIpc) is 3.08. The standard InChI is InChI=1S/C16H20FN3O4S/c1-11(2)25(22,23)18-10-16(3,17)12-4-6-13(7-5-12)19-15(21)14-8-9-24-20-14/h4-9,11,18H,10H2,1-3H3,(H,19,21). The lowest BCUT2D eigenvalue weighted by atomic mass is 9.98. The molecule has 0 aliphatic heterocycles. The molecule has 136 valence electrons. The van der Waals surface area contributed by atoms with E-state index in [-0.39, 0.29) is 12.2 Å². The Hall–Kier alpha value is -2.26. The van der Waals surface area contributed by atoms with Crippen molar-refractivity contribution in [1.82, 2.24) is 9.88 Å². The van der Waals surface area contributed by atoms with E-state index in [1.165, 1.54) is 57.4 Å². The summed E-state index contributed by atoms with van der Waals surface area (Å²) in [5, 5.41) is 5.48. The molecule has 9 heteroatoms. The number of aromatic nitrogens is 1. The molecule has 1 unspecified atom stereocenters. The van der Waals surface area contributed by atoms with Gasteiger partial charge in [-0.05, 0) is 38.5 Å². The lowest BCUT2D eigenvalue weighted by Crippen LogP contribution is -2.39. The molecule has 1 aromatic heterocycles. The summed E-state index contributed by atoms with van der Waals surface area (Å²) < 4.78 is 45.2. The number of rotatable bonds is 7. The van der Waals surface area contributed by atoms with Gasteiger partial charge in [0, 0.05) is 18.3 Å². The summed E-state index contributed by atoms with van der Waals surface area (Å²) in [7, 11) is -3.55. The number of nitrogens with one attached hydrogen (secondary N) is 2. The van der Waals surface area contributed by atoms with Gasteiger partial charge in [-0.1, -0.05) is 17.3 Å². The van der Waals surface area contributed by atoms with E-state index in [0.717, 1.165) is 0 Å². The SMILES string of the molecule is CC(C)S(=O)(=O)NCC(C)(F)c1ccc(NC(=O)c2ccon2)cc1. The van der Waals surface area contributed by atoms with Crippen LogP contribution in [-0.4, -0.2) is 31.3 Å². The minimum Gasteiger partial charge on any atom is -0.364 e. The average molecular weight is 369 g/mol. The molecule has 2 N–H and O–H groups in total. The molecule has 7 nitrogen and oxygen atoms in total. The van der Waals surface area contributed by atoms with Crippen LogP contribution in [0.4, 0.5) is 10.1 Å². The van der Waals surface area contributed by atoms with Crippen LogP contribution >= 0.6 is 0 Å². The molecule has 1 atom stereocenters. The van der Waals surface area contributed by atoms with Crippen LogP contribution in [0.3, 0.4) is 0 Å². The monoisotopic (exact) mass is 369 g/mol. The number of halogens is 1. The van der Waals surface area contributed by atoms with E-state index < -0.39 is 26.8 Å². The fourth-order valence-electron chi connectivity index (χ4n) is 1.93. The Bertz CT molecular complexity index is 816. The molecule has 0 saturated carbocycles. The molecule has 0 saturated heterocycles.